The molecule has 0 bridgehead atoms. The zero-order valence-corrected chi connectivity index (χ0v) is 47.1. The number of esters is 1. The quantitative estimate of drug-likeness (QED) is 0.0417. The van der Waals surface area contributed by atoms with Crippen LogP contribution in [0.2, 0.25) is 0 Å². The Morgan fingerprint density at radius 2 is 0.594 bits per heavy atom. The molecule has 0 aliphatic rings. The van der Waals surface area contributed by atoms with Crippen molar-refractivity contribution >= 4 is 11.9 Å². The van der Waals surface area contributed by atoms with E-state index < -0.39 is 12.1 Å². The van der Waals surface area contributed by atoms with E-state index >= 15 is 0 Å². The van der Waals surface area contributed by atoms with E-state index in [1.165, 1.54) is 276 Å². The lowest BCUT2D eigenvalue weighted by atomic mass is 10.0. The molecule has 0 fully saturated rings. The summed E-state index contributed by atoms with van der Waals surface area (Å²) < 4.78 is 5.49. The third-order valence-corrected chi connectivity index (χ3v) is 15.2. The summed E-state index contributed by atoms with van der Waals surface area (Å²) in [5.41, 5.74) is 0. The number of nitrogens with one attached hydrogen (secondary N) is 1. The normalized spacial score (nSPS) is 12.5. The monoisotopic (exact) mass is 976 g/mol. The number of ether oxygens (including phenoxy) is 1. The standard InChI is InChI=1S/C63H125NO5/c1-3-5-7-9-11-13-15-17-19-21-22-23-24-25-26-28-29-31-35-39-43-47-51-55-61(66)60(59-65)64-62(67)56-52-48-44-40-36-33-34-38-42-46-50-54-58-69-63(68)57-53-49-45-41-37-32-30-27-20-18-16-14-12-10-8-6-4-2/h60-61,65-66H,3-59H2,1-2H3,(H,64,67). The van der Waals surface area contributed by atoms with Crippen LogP contribution < -0.4 is 5.32 Å². The van der Waals surface area contributed by atoms with Gasteiger partial charge in [0.1, 0.15) is 0 Å². The van der Waals surface area contributed by atoms with Gasteiger partial charge in [0, 0.05) is 12.8 Å². The topological polar surface area (TPSA) is 95.9 Å². The van der Waals surface area contributed by atoms with Crippen molar-refractivity contribution in [3.63, 3.8) is 0 Å². The van der Waals surface area contributed by atoms with Crippen LogP contribution >= 0.6 is 0 Å². The number of carbonyl (C=O) groups excluding carboxylic acids is 2. The third kappa shape index (κ3) is 56.0. The molecule has 0 saturated heterocycles. The maximum absolute atomic E-state index is 12.5. The third-order valence-electron chi connectivity index (χ3n) is 15.2. The van der Waals surface area contributed by atoms with Crippen LogP contribution in [0.5, 0.6) is 0 Å². The molecular formula is C63H125NO5. The molecular weight excluding hydrogens is 851 g/mol. The number of amides is 1. The molecule has 412 valence electrons. The van der Waals surface area contributed by atoms with E-state index in [0.29, 0.717) is 25.9 Å². The van der Waals surface area contributed by atoms with Gasteiger partial charge in [0.05, 0.1) is 25.4 Å². The Morgan fingerprint density at radius 3 is 0.884 bits per heavy atom. The summed E-state index contributed by atoms with van der Waals surface area (Å²) in [6.07, 6.45) is 69.7. The van der Waals surface area contributed by atoms with Gasteiger partial charge in [-0.15, -0.1) is 0 Å². The molecule has 0 rings (SSSR count). The molecule has 69 heavy (non-hydrogen) atoms. The van der Waals surface area contributed by atoms with Gasteiger partial charge in [0.15, 0.2) is 0 Å². The second kappa shape index (κ2) is 59.4. The highest BCUT2D eigenvalue weighted by Crippen LogP contribution is 2.19. The first-order chi connectivity index (χ1) is 34.0. The smallest absolute Gasteiger partial charge is 0.305 e. The van der Waals surface area contributed by atoms with Crippen LogP contribution in [0, 0.1) is 0 Å². The predicted molar refractivity (Wildman–Crippen MR) is 301 cm³/mol. The molecule has 0 spiro atoms. The van der Waals surface area contributed by atoms with Gasteiger partial charge < -0.3 is 20.3 Å². The van der Waals surface area contributed by atoms with Crippen LogP contribution in [-0.4, -0.2) is 47.4 Å². The first-order valence-electron chi connectivity index (χ1n) is 31.8. The molecule has 3 N–H and O–H groups in total. The van der Waals surface area contributed by atoms with Gasteiger partial charge in [0.2, 0.25) is 5.91 Å². The van der Waals surface area contributed by atoms with Crippen LogP contribution in [0.25, 0.3) is 0 Å². The van der Waals surface area contributed by atoms with Gasteiger partial charge in [-0.25, -0.2) is 0 Å². The molecule has 0 aliphatic carbocycles. The number of aliphatic hydroxyl groups excluding tert-OH is 2. The van der Waals surface area contributed by atoms with Crippen molar-refractivity contribution in [2.24, 2.45) is 0 Å². The molecule has 6 nitrogen and oxygen atoms in total. The maximum atomic E-state index is 12.5. The van der Waals surface area contributed by atoms with E-state index in [1.54, 1.807) is 0 Å². The molecule has 2 atom stereocenters. The predicted octanol–water partition coefficient (Wildman–Crippen LogP) is 19.9. The highest BCUT2D eigenvalue weighted by molar-refractivity contribution is 5.76. The fraction of sp³-hybridized carbons (Fsp3) is 0.968. The minimum atomic E-state index is -0.674. The van der Waals surface area contributed by atoms with Crippen molar-refractivity contribution < 1.29 is 24.5 Å². The number of carbonyl (C=O) groups is 2. The van der Waals surface area contributed by atoms with Gasteiger partial charge in [-0.05, 0) is 25.7 Å². The second-order valence-electron chi connectivity index (χ2n) is 22.1. The number of aliphatic hydroxyl groups is 2. The molecule has 0 radical (unpaired) electrons. The first kappa shape index (κ1) is 67.9. The van der Waals surface area contributed by atoms with E-state index in [0.717, 1.165) is 57.8 Å². The highest BCUT2D eigenvalue weighted by Gasteiger charge is 2.20. The fourth-order valence-electron chi connectivity index (χ4n) is 10.3. The van der Waals surface area contributed by atoms with E-state index in [1.807, 2.05) is 0 Å². The highest BCUT2D eigenvalue weighted by atomic mass is 16.5. The molecule has 6 heteroatoms. The zero-order chi connectivity index (χ0) is 50.0. The lowest BCUT2D eigenvalue weighted by Crippen LogP contribution is -2.45. The lowest BCUT2D eigenvalue weighted by Gasteiger charge is -2.22. The molecule has 0 aromatic carbocycles. The Bertz CT molecular complexity index is 990. The van der Waals surface area contributed by atoms with Gasteiger partial charge in [-0.1, -0.05) is 328 Å². The second-order valence-corrected chi connectivity index (χ2v) is 22.1. The average molecular weight is 977 g/mol. The summed E-state index contributed by atoms with van der Waals surface area (Å²) in [6.45, 7) is 4.96. The van der Waals surface area contributed by atoms with Crippen molar-refractivity contribution in [2.45, 2.75) is 379 Å². The Balaban J connectivity index is 3.42. The van der Waals surface area contributed by atoms with Crippen LogP contribution in [0.15, 0.2) is 0 Å². The molecule has 2 unspecified atom stereocenters. The summed E-state index contributed by atoms with van der Waals surface area (Å²) >= 11 is 0. The molecule has 0 aromatic rings. The largest absolute Gasteiger partial charge is 0.466 e. The Hall–Kier alpha value is -1.14. The molecule has 0 aliphatic heterocycles. The van der Waals surface area contributed by atoms with Crippen molar-refractivity contribution in [2.75, 3.05) is 13.2 Å². The summed E-state index contributed by atoms with van der Waals surface area (Å²) in [5.74, 6) is -0.0485. The Kier molecular flexibility index (Phi) is 58.4. The first-order valence-corrected chi connectivity index (χ1v) is 31.8. The molecule has 0 saturated carbocycles. The summed E-state index contributed by atoms with van der Waals surface area (Å²) in [4.78, 5) is 24.6. The van der Waals surface area contributed by atoms with E-state index in [9.17, 15) is 19.8 Å². The van der Waals surface area contributed by atoms with Crippen LogP contribution in [0.4, 0.5) is 0 Å². The van der Waals surface area contributed by atoms with Gasteiger partial charge >= 0.3 is 5.97 Å². The SMILES string of the molecule is CCCCCCCCCCCCCCCCCCCCCCCCCC(O)C(CO)NC(=O)CCCCCCCCCCCCCCOC(=O)CCCCCCCCCCCCCCCCCCC. The maximum Gasteiger partial charge on any atom is 0.305 e. The van der Waals surface area contributed by atoms with E-state index in [2.05, 4.69) is 19.2 Å². The van der Waals surface area contributed by atoms with Gasteiger partial charge in [-0.3, -0.25) is 9.59 Å². The zero-order valence-electron chi connectivity index (χ0n) is 47.1. The minimum Gasteiger partial charge on any atom is -0.466 e. The number of hydrogen-bond donors (Lipinski definition) is 3. The summed E-state index contributed by atoms with van der Waals surface area (Å²) in [5, 5.41) is 23.4. The van der Waals surface area contributed by atoms with Crippen molar-refractivity contribution in [1.82, 2.24) is 5.32 Å². The minimum absolute atomic E-state index is 0.00346. The molecule has 0 aromatic heterocycles. The number of rotatable bonds is 60. The van der Waals surface area contributed by atoms with Crippen molar-refractivity contribution in [3.05, 3.63) is 0 Å². The fourth-order valence-corrected chi connectivity index (χ4v) is 10.3. The molecule has 0 heterocycles. The van der Waals surface area contributed by atoms with E-state index in [-0.39, 0.29) is 18.5 Å². The van der Waals surface area contributed by atoms with Crippen LogP contribution in [-0.2, 0) is 14.3 Å². The Labute approximate surface area is 432 Å². The number of unbranched alkanes of at least 4 members (excludes halogenated alkanes) is 49. The van der Waals surface area contributed by atoms with Crippen molar-refractivity contribution in [1.29, 1.82) is 0 Å². The summed E-state index contributed by atoms with van der Waals surface area (Å²) in [6, 6.07) is -0.553. The van der Waals surface area contributed by atoms with Crippen LogP contribution in [0.3, 0.4) is 0 Å². The van der Waals surface area contributed by atoms with Gasteiger partial charge in [-0.2, -0.15) is 0 Å². The van der Waals surface area contributed by atoms with Crippen molar-refractivity contribution in [3.8, 4) is 0 Å². The Morgan fingerprint density at radius 1 is 0.348 bits per heavy atom. The lowest BCUT2D eigenvalue weighted by molar-refractivity contribution is -0.143. The van der Waals surface area contributed by atoms with Crippen LogP contribution in [0.1, 0.15) is 367 Å². The molecule has 1 amide bonds. The van der Waals surface area contributed by atoms with Gasteiger partial charge in [0.25, 0.3) is 0 Å². The number of hydrogen-bond acceptors (Lipinski definition) is 5. The average Bonchev–Trinajstić information content (AvgIpc) is 3.35. The summed E-state index contributed by atoms with van der Waals surface area (Å²) in [7, 11) is 0. The van der Waals surface area contributed by atoms with E-state index in [4.69, 9.17) is 4.74 Å².